The third-order valence-corrected chi connectivity index (χ3v) is 3.06. The van der Waals surface area contributed by atoms with Crippen LogP contribution in [0.5, 0.6) is 0 Å². The van der Waals surface area contributed by atoms with Crippen molar-refractivity contribution >= 4 is 5.91 Å². The first-order chi connectivity index (χ1) is 6.90. The van der Waals surface area contributed by atoms with Gasteiger partial charge >= 0.3 is 0 Å². The average molecular weight is 211 g/mol. The molecule has 2 nitrogen and oxygen atoms in total. The second-order valence-corrected chi connectivity index (χ2v) is 6.00. The maximum Gasteiger partial charge on any atom is 0.219 e. The van der Waals surface area contributed by atoms with E-state index in [0.29, 0.717) is 6.04 Å². The lowest BCUT2D eigenvalue weighted by Gasteiger charge is -2.37. The summed E-state index contributed by atoms with van der Waals surface area (Å²) in [4.78, 5) is 13.7. The average Bonchev–Trinajstić information content (AvgIpc) is 2.14. The quantitative estimate of drug-likeness (QED) is 0.687. The van der Waals surface area contributed by atoms with Crippen LogP contribution < -0.4 is 0 Å². The van der Waals surface area contributed by atoms with E-state index in [4.69, 9.17) is 0 Å². The molecule has 0 unspecified atom stereocenters. The number of nitrogens with zero attached hydrogens (tertiary/aromatic N) is 1. The smallest absolute Gasteiger partial charge is 0.219 e. The molecule has 0 aromatic heterocycles. The third-order valence-electron chi connectivity index (χ3n) is 3.06. The van der Waals surface area contributed by atoms with E-state index >= 15 is 0 Å². The maximum absolute atomic E-state index is 11.6. The van der Waals surface area contributed by atoms with Crippen LogP contribution in [0.3, 0.4) is 0 Å². The van der Waals surface area contributed by atoms with Gasteiger partial charge in [0.25, 0.3) is 0 Å². The van der Waals surface area contributed by atoms with Crippen LogP contribution in [0, 0.1) is 5.41 Å². The summed E-state index contributed by atoms with van der Waals surface area (Å²) in [5.74, 6) is 0.247. The number of hydrogen-bond donors (Lipinski definition) is 0. The summed E-state index contributed by atoms with van der Waals surface area (Å²) >= 11 is 0. The largest absolute Gasteiger partial charge is 0.339 e. The molecule has 0 aliphatic heterocycles. The number of rotatable bonds is 2. The number of carbonyl (C=O) groups is 1. The lowest BCUT2D eigenvalue weighted by atomic mass is 9.90. The van der Waals surface area contributed by atoms with Gasteiger partial charge in [-0.3, -0.25) is 4.79 Å². The molecular formula is C13H25NO. The molecular weight excluding hydrogens is 186 g/mol. The standard InChI is InChI=1S/C13H25NO/c1-11(15)14(10-13(2,3)4)12-8-6-5-7-9-12/h12H,5-10H2,1-4H3. The zero-order valence-electron chi connectivity index (χ0n) is 10.7. The van der Waals surface area contributed by atoms with Crippen molar-refractivity contribution in [1.82, 2.24) is 4.90 Å². The molecule has 0 spiro atoms. The molecule has 0 bridgehead atoms. The summed E-state index contributed by atoms with van der Waals surface area (Å²) in [5.41, 5.74) is 0.211. The molecule has 0 heterocycles. The Morgan fingerprint density at radius 3 is 2.13 bits per heavy atom. The van der Waals surface area contributed by atoms with E-state index in [9.17, 15) is 4.79 Å². The Morgan fingerprint density at radius 1 is 1.20 bits per heavy atom. The Balaban J connectivity index is 2.60. The van der Waals surface area contributed by atoms with Gasteiger partial charge in [-0.25, -0.2) is 0 Å². The number of carbonyl (C=O) groups excluding carboxylic acids is 1. The highest BCUT2D eigenvalue weighted by atomic mass is 16.2. The lowest BCUT2D eigenvalue weighted by molar-refractivity contribution is -0.133. The van der Waals surface area contributed by atoms with Gasteiger partial charge in [0, 0.05) is 19.5 Å². The lowest BCUT2D eigenvalue weighted by Crippen LogP contribution is -2.44. The first kappa shape index (κ1) is 12.5. The van der Waals surface area contributed by atoms with E-state index in [-0.39, 0.29) is 11.3 Å². The van der Waals surface area contributed by atoms with Gasteiger partial charge in [0.2, 0.25) is 5.91 Å². The van der Waals surface area contributed by atoms with Gasteiger partial charge in [0.15, 0.2) is 0 Å². The van der Waals surface area contributed by atoms with Crippen molar-refractivity contribution in [3.8, 4) is 0 Å². The summed E-state index contributed by atoms with van der Waals surface area (Å²) < 4.78 is 0. The molecule has 0 radical (unpaired) electrons. The van der Waals surface area contributed by atoms with E-state index in [2.05, 4.69) is 25.7 Å². The zero-order valence-corrected chi connectivity index (χ0v) is 10.7. The Kier molecular flexibility index (Phi) is 4.18. The predicted molar refractivity (Wildman–Crippen MR) is 63.7 cm³/mol. The Labute approximate surface area is 94.0 Å². The van der Waals surface area contributed by atoms with Crippen LogP contribution in [0.25, 0.3) is 0 Å². The number of hydrogen-bond acceptors (Lipinski definition) is 1. The summed E-state index contributed by atoms with van der Waals surface area (Å²) in [6, 6.07) is 0.510. The van der Waals surface area contributed by atoms with Gasteiger partial charge in [0.05, 0.1) is 0 Å². The fourth-order valence-corrected chi connectivity index (χ4v) is 2.40. The molecule has 15 heavy (non-hydrogen) atoms. The molecule has 2 heteroatoms. The minimum absolute atomic E-state index is 0.211. The van der Waals surface area contributed by atoms with E-state index in [1.54, 1.807) is 6.92 Å². The highest BCUT2D eigenvalue weighted by molar-refractivity contribution is 5.73. The molecule has 0 saturated heterocycles. The normalized spacial score (nSPS) is 18.9. The fraction of sp³-hybridized carbons (Fsp3) is 0.923. The second kappa shape index (κ2) is 5.00. The fourth-order valence-electron chi connectivity index (χ4n) is 2.40. The Morgan fingerprint density at radius 2 is 1.73 bits per heavy atom. The SMILES string of the molecule is CC(=O)N(CC(C)(C)C)C1CCCCC1. The van der Waals surface area contributed by atoms with Gasteiger partial charge in [-0.2, -0.15) is 0 Å². The Bertz CT molecular complexity index is 211. The predicted octanol–water partition coefficient (Wildman–Crippen LogP) is 3.21. The van der Waals surface area contributed by atoms with Gasteiger partial charge in [-0.05, 0) is 18.3 Å². The van der Waals surface area contributed by atoms with Crippen molar-refractivity contribution in [3.05, 3.63) is 0 Å². The van der Waals surface area contributed by atoms with Gasteiger partial charge < -0.3 is 4.90 Å². The zero-order chi connectivity index (χ0) is 11.5. The van der Waals surface area contributed by atoms with E-state index in [1.165, 1.54) is 32.1 Å². The first-order valence-corrected chi connectivity index (χ1v) is 6.17. The summed E-state index contributed by atoms with van der Waals surface area (Å²) in [6.45, 7) is 9.21. The summed E-state index contributed by atoms with van der Waals surface area (Å²) in [7, 11) is 0. The van der Waals surface area contributed by atoms with Gasteiger partial charge in [-0.1, -0.05) is 40.0 Å². The Hall–Kier alpha value is -0.530. The molecule has 0 N–H and O–H groups in total. The monoisotopic (exact) mass is 211 g/mol. The molecule has 1 saturated carbocycles. The van der Waals surface area contributed by atoms with Crippen molar-refractivity contribution in [2.24, 2.45) is 5.41 Å². The van der Waals surface area contributed by atoms with Crippen molar-refractivity contribution in [3.63, 3.8) is 0 Å². The van der Waals surface area contributed by atoms with Gasteiger partial charge in [0.1, 0.15) is 0 Å². The van der Waals surface area contributed by atoms with Crippen molar-refractivity contribution < 1.29 is 4.79 Å². The van der Waals surface area contributed by atoms with Crippen molar-refractivity contribution in [2.75, 3.05) is 6.54 Å². The van der Waals surface area contributed by atoms with E-state index in [1.807, 2.05) is 0 Å². The first-order valence-electron chi connectivity index (χ1n) is 6.17. The minimum atomic E-state index is 0.211. The molecule has 0 atom stereocenters. The van der Waals surface area contributed by atoms with Crippen molar-refractivity contribution in [1.29, 1.82) is 0 Å². The molecule has 1 aliphatic carbocycles. The van der Waals surface area contributed by atoms with Crippen LogP contribution >= 0.6 is 0 Å². The van der Waals surface area contributed by atoms with Gasteiger partial charge in [-0.15, -0.1) is 0 Å². The highest BCUT2D eigenvalue weighted by Crippen LogP contribution is 2.26. The van der Waals surface area contributed by atoms with Crippen LogP contribution in [-0.4, -0.2) is 23.4 Å². The highest BCUT2D eigenvalue weighted by Gasteiger charge is 2.26. The summed E-state index contributed by atoms with van der Waals surface area (Å²) in [5, 5.41) is 0. The molecule has 1 fully saturated rings. The molecule has 0 aromatic carbocycles. The second-order valence-electron chi connectivity index (χ2n) is 6.00. The maximum atomic E-state index is 11.6. The molecule has 0 aromatic rings. The molecule has 1 amide bonds. The van der Waals surface area contributed by atoms with E-state index in [0.717, 1.165) is 6.54 Å². The van der Waals surface area contributed by atoms with Crippen LogP contribution in [0.1, 0.15) is 59.8 Å². The molecule has 1 rings (SSSR count). The van der Waals surface area contributed by atoms with Crippen LogP contribution in [-0.2, 0) is 4.79 Å². The van der Waals surface area contributed by atoms with Crippen LogP contribution in [0.4, 0.5) is 0 Å². The topological polar surface area (TPSA) is 20.3 Å². The third kappa shape index (κ3) is 4.23. The van der Waals surface area contributed by atoms with Crippen molar-refractivity contribution in [2.45, 2.75) is 65.8 Å². The number of amides is 1. The van der Waals surface area contributed by atoms with E-state index < -0.39 is 0 Å². The summed E-state index contributed by atoms with van der Waals surface area (Å²) in [6.07, 6.45) is 6.33. The van der Waals surface area contributed by atoms with Crippen LogP contribution in [0.2, 0.25) is 0 Å². The molecule has 88 valence electrons. The molecule has 1 aliphatic rings. The minimum Gasteiger partial charge on any atom is -0.339 e. The van der Waals surface area contributed by atoms with Crippen LogP contribution in [0.15, 0.2) is 0 Å².